The predicted molar refractivity (Wildman–Crippen MR) is 93.4 cm³/mol. The molecule has 4 nitrogen and oxygen atoms in total. The van der Waals surface area contributed by atoms with Crippen LogP contribution in [0.3, 0.4) is 0 Å². The molecule has 128 valence electrons. The van der Waals surface area contributed by atoms with Crippen molar-refractivity contribution in [3.8, 4) is 0 Å². The van der Waals surface area contributed by atoms with Crippen LogP contribution in [-0.4, -0.2) is 68.4 Å². The Labute approximate surface area is 148 Å². The van der Waals surface area contributed by atoms with Crippen LogP contribution in [0, 0.1) is 0 Å². The second kappa shape index (κ2) is 8.65. The Bertz CT molecular complexity index is 509. The van der Waals surface area contributed by atoms with Crippen molar-refractivity contribution in [1.29, 1.82) is 0 Å². The lowest BCUT2D eigenvalue weighted by atomic mass is 10.2. The van der Waals surface area contributed by atoms with Gasteiger partial charge in [0.05, 0.1) is 29.4 Å². The minimum Gasteiger partial charge on any atom is -0.379 e. The van der Waals surface area contributed by atoms with Crippen molar-refractivity contribution in [1.82, 2.24) is 9.80 Å². The molecule has 2 aliphatic heterocycles. The second-order valence-electron chi connectivity index (χ2n) is 6.24. The van der Waals surface area contributed by atoms with Crippen LogP contribution in [0.2, 0.25) is 10.0 Å². The van der Waals surface area contributed by atoms with Crippen LogP contribution in [-0.2, 0) is 16.0 Å². The molecule has 1 atom stereocenters. The van der Waals surface area contributed by atoms with Crippen molar-refractivity contribution < 1.29 is 9.47 Å². The fraction of sp³-hybridized carbons (Fsp3) is 0.647. The Morgan fingerprint density at radius 2 is 1.83 bits per heavy atom. The monoisotopic (exact) mass is 358 g/mol. The van der Waals surface area contributed by atoms with Gasteiger partial charge in [0.1, 0.15) is 0 Å². The number of halogens is 2. The first-order valence-corrected chi connectivity index (χ1v) is 9.04. The number of rotatable bonds is 4. The van der Waals surface area contributed by atoms with E-state index in [0.29, 0.717) is 10.0 Å². The first-order valence-electron chi connectivity index (χ1n) is 8.29. The van der Waals surface area contributed by atoms with Crippen LogP contribution in [0.25, 0.3) is 0 Å². The topological polar surface area (TPSA) is 24.9 Å². The predicted octanol–water partition coefficient (Wildman–Crippen LogP) is 2.92. The van der Waals surface area contributed by atoms with Gasteiger partial charge < -0.3 is 9.47 Å². The zero-order valence-corrected chi connectivity index (χ0v) is 14.9. The highest BCUT2D eigenvalue weighted by atomic mass is 35.5. The van der Waals surface area contributed by atoms with Crippen molar-refractivity contribution in [3.05, 3.63) is 33.8 Å². The summed E-state index contributed by atoms with van der Waals surface area (Å²) in [4.78, 5) is 4.90. The van der Waals surface area contributed by atoms with Crippen molar-refractivity contribution in [3.63, 3.8) is 0 Å². The van der Waals surface area contributed by atoms with Crippen LogP contribution < -0.4 is 0 Å². The molecule has 0 aromatic heterocycles. The first-order chi connectivity index (χ1) is 11.2. The molecule has 2 fully saturated rings. The Hall–Kier alpha value is -0.360. The van der Waals surface area contributed by atoms with Gasteiger partial charge in [0.2, 0.25) is 0 Å². The molecule has 2 saturated heterocycles. The zero-order chi connectivity index (χ0) is 16.1. The summed E-state index contributed by atoms with van der Waals surface area (Å²) in [6.07, 6.45) is 1.33. The Morgan fingerprint density at radius 1 is 1.00 bits per heavy atom. The average Bonchev–Trinajstić information content (AvgIpc) is 2.77. The molecule has 3 rings (SSSR count). The van der Waals surface area contributed by atoms with Crippen LogP contribution in [0.15, 0.2) is 18.2 Å². The van der Waals surface area contributed by atoms with E-state index < -0.39 is 0 Å². The summed E-state index contributed by atoms with van der Waals surface area (Å²) in [5.41, 5.74) is 1.20. The van der Waals surface area contributed by atoms with Crippen molar-refractivity contribution in [2.24, 2.45) is 0 Å². The molecule has 0 aliphatic carbocycles. The van der Waals surface area contributed by atoms with E-state index in [9.17, 15) is 0 Å². The van der Waals surface area contributed by atoms with E-state index in [1.54, 1.807) is 0 Å². The summed E-state index contributed by atoms with van der Waals surface area (Å²) in [6, 6.07) is 5.89. The maximum atomic E-state index is 6.13. The van der Waals surface area contributed by atoms with Crippen molar-refractivity contribution >= 4 is 23.2 Å². The molecule has 0 radical (unpaired) electrons. The highest BCUT2D eigenvalue weighted by molar-refractivity contribution is 6.42. The van der Waals surface area contributed by atoms with Gasteiger partial charge in [0.25, 0.3) is 0 Å². The molecule has 0 saturated carbocycles. The fourth-order valence-electron chi connectivity index (χ4n) is 3.19. The molecule has 0 bridgehead atoms. The molecule has 0 spiro atoms. The van der Waals surface area contributed by atoms with Gasteiger partial charge in [-0.1, -0.05) is 29.3 Å². The number of benzene rings is 1. The maximum Gasteiger partial charge on any atom is 0.0828 e. The van der Waals surface area contributed by atoms with Gasteiger partial charge in [-0.3, -0.25) is 9.80 Å². The van der Waals surface area contributed by atoms with Gasteiger partial charge in [-0.25, -0.2) is 0 Å². The summed E-state index contributed by atoms with van der Waals surface area (Å²) in [7, 11) is 0. The van der Waals surface area contributed by atoms with E-state index in [0.717, 1.165) is 65.5 Å². The van der Waals surface area contributed by atoms with E-state index in [-0.39, 0.29) is 6.10 Å². The third-order valence-corrected chi connectivity index (χ3v) is 5.13. The lowest BCUT2D eigenvalue weighted by Gasteiger charge is -2.31. The number of morpholine rings is 1. The molecule has 0 N–H and O–H groups in total. The molecule has 1 aromatic carbocycles. The fourth-order valence-corrected chi connectivity index (χ4v) is 3.51. The van der Waals surface area contributed by atoms with Gasteiger partial charge in [-0.05, 0) is 24.1 Å². The maximum absolute atomic E-state index is 6.13. The number of hydrogen-bond acceptors (Lipinski definition) is 4. The van der Waals surface area contributed by atoms with Crippen molar-refractivity contribution in [2.45, 2.75) is 19.1 Å². The van der Waals surface area contributed by atoms with E-state index >= 15 is 0 Å². The van der Waals surface area contributed by atoms with Gasteiger partial charge in [0, 0.05) is 45.9 Å². The SMILES string of the molecule is Clc1ccc(CN2CCCO[C@H](CN3CCOCC3)C2)cc1Cl. The third-order valence-electron chi connectivity index (χ3n) is 4.39. The Morgan fingerprint density at radius 3 is 2.61 bits per heavy atom. The van der Waals surface area contributed by atoms with E-state index in [1.165, 1.54) is 5.56 Å². The normalized spacial score (nSPS) is 24.5. The number of hydrogen-bond donors (Lipinski definition) is 0. The minimum absolute atomic E-state index is 0.262. The van der Waals surface area contributed by atoms with Crippen LogP contribution in [0.4, 0.5) is 0 Å². The summed E-state index contributed by atoms with van der Waals surface area (Å²) in [5.74, 6) is 0. The molecular weight excluding hydrogens is 335 g/mol. The second-order valence-corrected chi connectivity index (χ2v) is 7.06. The largest absolute Gasteiger partial charge is 0.379 e. The Balaban J connectivity index is 1.56. The number of nitrogens with zero attached hydrogens (tertiary/aromatic N) is 2. The van der Waals surface area contributed by atoms with E-state index in [1.807, 2.05) is 12.1 Å². The summed E-state index contributed by atoms with van der Waals surface area (Å²) < 4.78 is 11.5. The number of ether oxygens (including phenoxy) is 2. The third kappa shape index (κ3) is 5.31. The van der Waals surface area contributed by atoms with Gasteiger partial charge in [-0.15, -0.1) is 0 Å². The van der Waals surface area contributed by atoms with E-state index in [4.69, 9.17) is 32.7 Å². The van der Waals surface area contributed by atoms with Gasteiger partial charge >= 0.3 is 0 Å². The summed E-state index contributed by atoms with van der Waals surface area (Å²) in [6.45, 7) is 8.41. The van der Waals surface area contributed by atoms with Crippen LogP contribution in [0.1, 0.15) is 12.0 Å². The molecule has 23 heavy (non-hydrogen) atoms. The quantitative estimate of drug-likeness (QED) is 0.825. The lowest BCUT2D eigenvalue weighted by molar-refractivity contribution is -0.0122. The summed E-state index contributed by atoms with van der Waals surface area (Å²) >= 11 is 12.1. The van der Waals surface area contributed by atoms with Crippen LogP contribution in [0.5, 0.6) is 0 Å². The van der Waals surface area contributed by atoms with Crippen molar-refractivity contribution in [2.75, 3.05) is 52.5 Å². The first kappa shape index (κ1) is 17.5. The molecule has 1 aromatic rings. The molecule has 0 amide bonds. The summed E-state index contributed by atoms with van der Waals surface area (Å²) in [5, 5.41) is 1.24. The smallest absolute Gasteiger partial charge is 0.0828 e. The Kier molecular flexibility index (Phi) is 6.57. The highest BCUT2D eigenvalue weighted by Gasteiger charge is 2.22. The molecule has 2 aliphatic rings. The van der Waals surface area contributed by atoms with Gasteiger partial charge in [-0.2, -0.15) is 0 Å². The highest BCUT2D eigenvalue weighted by Crippen LogP contribution is 2.23. The van der Waals surface area contributed by atoms with Gasteiger partial charge in [0.15, 0.2) is 0 Å². The molecular formula is C17H24Cl2N2O2. The average molecular weight is 359 g/mol. The zero-order valence-electron chi connectivity index (χ0n) is 13.3. The minimum atomic E-state index is 0.262. The van der Waals surface area contributed by atoms with Crippen LogP contribution >= 0.6 is 23.2 Å². The lowest BCUT2D eigenvalue weighted by Crippen LogP contribution is -2.44. The molecule has 0 unspecified atom stereocenters. The molecule has 6 heteroatoms. The standard InChI is InChI=1S/C17H24Cl2N2O2/c18-16-3-2-14(10-17(16)19)11-21-4-1-7-23-15(13-21)12-20-5-8-22-9-6-20/h2-3,10,15H,1,4-9,11-13H2/t15-/m1/s1. The molecule has 2 heterocycles. The van der Waals surface area contributed by atoms with E-state index in [2.05, 4.69) is 15.9 Å².